The van der Waals surface area contributed by atoms with E-state index in [1.54, 1.807) is 19.9 Å². The molecule has 8 heteroatoms. The summed E-state index contributed by atoms with van der Waals surface area (Å²) in [5, 5.41) is 0. The zero-order valence-corrected chi connectivity index (χ0v) is 14.6. The Labute approximate surface area is 149 Å². The number of pyridine rings is 1. The molecule has 5 nitrogen and oxygen atoms in total. The van der Waals surface area contributed by atoms with Crippen molar-refractivity contribution >= 4 is 11.7 Å². The Morgan fingerprint density at radius 3 is 2.65 bits per heavy atom. The van der Waals surface area contributed by atoms with Crippen LogP contribution in [0.15, 0.2) is 30.2 Å². The number of Topliss-reactive ketones (excluding diaryl/α,β-unsaturated/α-hetero) is 1. The zero-order valence-electron chi connectivity index (χ0n) is 14.6. The fourth-order valence-corrected chi connectivity index (χ4v) is 4.11. The van der Waals surface area contributed by atoms with Crippen molar-refractivity contribution in [1.82, 2.24) is 9.88 Å². The van der Waals surface area contributed by atoms with E-state index in [1.165, 1.54) is 4.90 Å². The second kappa shape index (κ2) is 5.82. The molecule has 1 saturated heterocycles. The first-order valence-corrected chi connectivity index (χ1v) is 8.29. The molecule has 0 unspecified atom stereocenters. The summed E-state index contributed by atoms with van der Waals surface area (Å²) in [4.78, 5) is 30.0. The molecule has 1 aromatic heterocycles. The SMILES string of the molecule is CC1(C)C[C@@]2(C=C(N)C1=O)CCN(C(=O)c1cnccc1C(F)(F)F)C2. The average Bonchev–Trinajstić information content (AvgIpc) is 2.94. The number of alkyl halides is 3. The van der Waals surface area contributed by atoms with Crippen LogP contribution in [-0.4, -0.2) is 34.7 Å². The Bertz CT molecular complexity index is 801. The zero-order chi connectivity index (χ0) is 19.3. The first-order valence-electron chi connectivity index (χ1n) is 8.29. The Morgan fingerprint density at radius 1 is 1.35 bits per heavy atom. The molecule has 1 aromatic rings. The van der Waals surface area contributed by atoms with Crippen molar-refractivity contribution in [3.63, 3.8) is 0 Å². The molecule has 3 rings (SSSR count). The molecule has 0 radical (unpaired) electrons. The number of ketones is 1. The number of hydrogen-bond donors (Lipinski definition) is 1. The van der Waals surface area contributed by atoms with Crippen LogP contribution in [0.1, 0.15) is 42.6 Å². The Hall–Kier alpha value is -2.38. The van der Waals surface area contributed by atoms with Gasteiger partial charge in [0.2, 0.25) is 0 Å². The highest BCUT2D eigenvalue weighted by Crippen LogP contribution is 2.47. The number of allylic oxidation sites excluding steroid dienone is 1. The number of carbonyl (C=O) groups is 2. The molecule has 1 amide bonds. The Balaban J connectivity index is 1.89. The van der Waals surface area contributed by atoms with E-state index in [2.05, 4.69) is 4.98 Å². The van der Waals surface area contributed by atoms with Crippen molar-refractivity contribution in [3.05, 3.63) is 41.4 Å². The molecule has 1 atom stereocenters. The van der Waals surface area contributed by atoms with Gasteiger partial charge in [-0.2, -0.15) is 13.2 Å². The molecule has 1 spiro atoms. The fourth-order valence-electron chi connectivity index (χ4n) is 4.11. The third-order valence-electron chi connectivity index (χ3n) is 5.16. The van der Waals surface area contributed by atoms with E-state index in [0.717, 1.165) is 18.5 Å². The topological polar surface area (TPSA) is 76.3 Å². The van der Waals surface area contributed by atoms with Crippen LogP contribution in [0.3, 0.4) is 0 Å². The molecule has 2 N–H and O–H groups in total. The molecule has 0 saturated carbocycles. The molecule has 1 fully saturated rings. The van der Waals surface area contributed by atoms with E-state index in [9.17, 15) is 22.8 Å². The molecule has 0 bridgehead atoms. The van der Waals surface area contributed by atoms with Crippen LogP contribution in [0.25, 0.3) is 0 Å². The van der Waals surface area contributed by atoms with Crippen molar-refractivity contribution < 1.29 is 22.8 Å². The molecule has 1 aliphatic heterocycles. The molecule has 0 aromatic carbocycles. The third-order valence-corrected chi connectivity index (χ3v) is 5.16. The van der Waals surface area contributed by atoms with Gasteiger partial charge >= 0.3 is 6.18 Å². The van der Waals surface area contributed by atoms with Gasteiger partial charge in [-0.1, -0.05) is 13.8 Å². The van der Waals surface area contributed by atoms with Gasteiger partial charge in [0.15, 0.2) is 5.78 Å². The number of carbonyl (C=O) groups excluding carboxylic acids is 2. The predicted molar refractivity (Wildman–Crippen MR) is 87.9 cm³/mol. The van der Waals surface area contributed by atoms with Crippen LogP contribution in [-0.2, 0) is 11.0 Å². The summed E-state index contributed by atoms with van der Waals surface area (Å²) in [6, 6.07) is 0.805. The second-order valence-electron chi connectivity index (χ2n) is 7.75. The van der Waals surface area contributed by atoms with Gasteiger partial charge in [0, 0.05) is 36.3 Å². The lowest BCUT2D eigenvalue weighted by Gasteiger charge is -2.39. The van der Waals surface area contributed by atoms with Gasteiger partial charge in [0.25, 0.3) is 5.91 Å². The van der Waals surface area contributed by atoms with Crippen molar-refractivity contribution in [2.75, 3.05) is 13.1 Å². The standard InChI is InChI=1S/C18H20F3N3O2/c1-16(2)9-17(7-13(22)14(16)25)4-6-24(10-17)15(26)11-8-23-5-3-12(11)18(19,20)21/h3,5,7-8H,4,6,9-10,22H2,1-2H3/t17-/m0/s1. The van der Waals surface area contributed by atoms with E-state index >= 15 is 0 Å². The maximum Gasteiger partial charge on any atom is 0.417 e. The van der Waals surface area contributed by atoms with E-state index in [1.807, 2.05) is 0 Å². The van der Waals surface area contributed by atoms with Gasteiger partial charge in [-0.15, -0.1) is 0 Å². The highest BCUT2D eigenvalue weighted by atomic mass is 19.4. The van der Waals surface area contributed by atoms with E-state index < -0.39 is 34.0 Å². The van der Waals surface area contributed by atoms with E-state index in [-0.39, 0.29) is 18.0 Å². The normalized spacial score (nSPS) is 25.5. The van der Waals surface area contributed by atoms with Crippen molar-refractivity contribution in [1.29, 1.82) is 0 Å². The quantitative estimate of drug-likeness (QED) is 0.828. The summed E-state index contributed by atoms with van der Waals surface area (Å²) in [7, 11) is 0. The van der Waals surface area contributed by atoms with Crippen molar-refractivity contribution in [2.45, 2.75) is 32.9 Å². The fraction of sp³-hybridized carbons (Fsp3) is 0.500. The number of nitrogens with zero attached hydrogens (tertiary/aromatic N) is 2. The van der Waals surface area contributed by atoms with Crippen LogP contribution in [0.2, 0.25) is 0 Å². The lowest BCUT2D eigenvalue weighted by atomic mass is 9.65. The van der Waals surface area contributed by atoms with Crippen molar-refractivity contribution in [2.24, 2.45) is 16.6 Å². The Kier molecular flexibility index (Phi) is 4.12. The average molecular weight is 367 g/mol. The van der Waals surface area contributed by atoms with Crippen molar-refractivity contribution in [3.8, 4) is 0 Å². The van der Waals surface area contributed by atoms with Crippen LogP contribution in [0, 0.1) is 10.8 Å². The number of amides is 1. The van der Waals surface area contributed by atoms with Crippen LogP contribution < -0.4 is 5.73 Å². The van der Waals surface area contributed by atoms with Gasteiger partial charge in [-0.3, -0.25) is 14.6 Å². The number of halogens is 3. The van der Waals surface area contributed by atoms with Crippen LogP contribution >= 0.6 is 0 Å². The third kappa shape index (κ3) is 3.08. The van der Waals surface area contributed by atoms with Gasteiger partial charge < -0.3 is 10.6 Å². The largest absolute Gasteiger partial charge is 0.417 e. The number of likely N-dealkylation sites (tertiary alicyclic amines) is 1. The number of hydrogen-bond acceptors (Lipinski definition) is 4. The maximum atomic E-state index is 13.2. The molecular weight excluding hydrogens is 347 g/mol. The van der Waals surface area contributed by atoms with Gasteiger partial charge in [0.1, 0.15) is 0 Å². The molecule has 140 valence electrons. The van der Waals surface area contributed by atoms with Gasteiger partial charge in [0.05, 0.1) is 16.8 Å². The number of aromatic nitrogens is 1. The summed E-state index contributed by atoms with van der Waals surface area (Å²) >= 11 is 0. The first-order chi connectivity index (χ1) is 12.0. The summed E-state index contributed by atoms with van der Waals surface area (Å²) in [6.07, 6.45) is 0.0788. The minimum atomic E-state index is -4.63. The highest BCUT2D eigenvalue weighted by molar-refractivity contribution is 6.00. The summed E-state index contributed by atoms with van der Waals surface area (Å²) in [6.45, 7) is 4.13. The monoisotopic (exact) mass is 367 g/mol. The van der Waals surface area contributed by atoms with Crippen LogP contribution in [0.4, 0.5) is 13.2 Å². The number of nitrogens with two attached hydrogens (primary N) is 1. The number of rotatable bonds is 1. The minimum Gasteiger partial charge on any atom is -0.396 e. The second-order valence-corrected chi connectivity index (χ2v) is 7.75. The lowest BCUT2D eigenvalue weighted by Crippen LogP contribution is -2.42. The molecular formula is C18H20F3N3O2. The summed E-state index contributed by atoms with van der Waals surface area (Å²) in [5.74, 6) is -0.844. The van der Waals surface area contributed by atoms with Crippen LogP contribution in [0.5, 0.6) is 0 Å². The minimum absolute atomic E-state index is 0.139. The van der Waals surface area contributed by atoms with Gasteiger partial charge in [-0.25, -0.2) is 0 Å². The smallest absolute Gasteiger partial charge is 0.396 e. The summed E-state index contributed by atoms with van der Waals surface area (Å²) < 4.78 is 39.5. The Morgan fingerprint density at radius 2 is 2.04 bits per heavy atom. The maximum absolute atomic E-state index is 13.2. The first kappa shape index (κ1) is 18.4. The summed E-state index contributed by atoms with van der Waals surface area (Å²) in [5.41, 5.74) is 3.43. The van der Waals surface area contributed by atoms with E-state index in [0.29, 0.717) is 19.4 Å². The van der Waals surface area contributed by atoms with E-state index in [4.69, 9.17) is 5.73 Å². The van der Waals surface area contributed by atoms with Gasteiger partial charge in [-0.05, 0) is 25.0 Å². The molecule has 1 aliphatic carbocycles. The molecule has 26 heavy (non-hydrogen) atoms. The lowest BCUT2D eigenvalue weighted by molar-refractivity contribution is -0.138. The molecule has 2 aliphatic rings. The highest BCUT2D eigenvalue weighted by Gasteiger charge is 2.49. The molecule has 2 heterocycles. The predicted octanol–water partition coefficient (Wildman–Crippen LogP) is 2.77.